The molecule has 0 aliphatic heterocycles. The molecule has 0 radical (unpaired) electrons. The van der Waals surface area contributed by atoms with Gasteiger partial charge in [0.2, 0.25) is 5.91 Å². The molecule has 15 heavy (non-hydrogen) atoms. The smallest absolute Gasteiger partial charge is 0.228 e. The molecule has 1 unspecified atom stereocenters. The van der Waals surface area contributed by atoms with Gasteiger partial charge < -0.3 is 5.32 Å². The minimum absolute atomic E-state index is 0.00776. The predicted octanol–water partition coefficient (Wildman–Crippen LogP) is 3.11. The van der Waals surface area contributed by atoms with E-state index in [0.29, 0.717) is 11.0 Å². The number of halogens is 1. The maximum absolute atomic E-state index is 11.6. The van der Waals surface area contributed by atoms with Crippen LogP contribution in [0.1, 0.15) is 26.7 Å². The summed E-state index contributed by atoms with van der Waals surface area (Å²) in [5.41, 5.74) is 0. The van der Waals surface area contributed by atoms with Gasteiger partial charge in [-0.1, -0.05) is 37.9 Å². The van der Waals surface area contributed by atoms with E-state index >= 15 is 0 Å². The molecule has 4 heteroatoms. The monoisotopic (exact) mass is 226 g/mol. The fraction of sp³-hybridized carbons (Fsp3) is 0.455. The Balaban J connectivity index is 2.58. The molecule has 0 bridgehead atoms. The summed E-state index contributed by atoms with van der Waals surface area (Å²) in [6.45, 7) is 3.96. The minimum atomic E-state index is -0.00776. The van der Waals surface area contributed by atoms with E-state index in [-0.39, 0.29) is 11.8 Å². The first-order chi connectivity index (χ1) is 7.13. The van der Waals surface area contributed by atoms with Crippen molar-refractivity contribution in [2.45, 2.75) is 26.7 Å². The lowest BCUT2D eigenvalue weighted by Gasteiger charge is -2.10. The van der Waals surface area contributed by atoms with Crippen molar-refractivity contribution >= 4 is 23.3 Å². The molecule has 82 valence electrons. The van der Waals surface area contributed by atoms with Crippen molar-refractivity contribution in [1.29, 1.82) is 0 Å². The van der Waals surface area contributed by atoms with Crippen molar-refractivity contribution in [3.8, 4) is 0 Å². The van der Waals surface area contributed by atoms with Crippen LogP contribution in [0.4, 0.5) is 5.82 Å². The van der Waals surface area contributed by atoms with Crippen molar-refractivity contribution in [1.82, 2.24) is 4.98 Å². The average molecular weight is 227 g/mol. The number of amides is 1. The average Bonchev–Trinajstić information content (AvgIpc) is 2.18. The number of rotatable bonds is 4. The lowest BCUT2D eigenvalue weighted by atomic mass is 10.1. The molecule has 1 aromatic heterocycles. The standard InChI is InChI=1S/C11H15ClN2O/c1-3-5-8(2)11(15)14-10-7-4-6-9(12)13-10/h4,6-8H,3,5H2,1-2H3,(H,13,14,15). The van der Waals surface area contributed by atoms with Crippen LogP contribution < -0.4 is 5.32 Å². The summed E-state index contributed by atoms with van der Waals surface area (Å²) in [5.74, 6) is 0.512. The molecule has 3 nitrogen and oxygen atoms in total. The molecule has 0 fully saturated rings. The van der Waals surface area contributed by atoms with Crippen molar-refractivity contribution < 1.29 is 4.79 Å². The topological polar surface area (TPSA) is 42.0 Å². The van der Waals surface area contributed by atoms with Gasteiger partial charge in [0.25, 0.3) is 0 Å². The van der Waals surface area contributed by atoms with Gasteiger partial charge in [-0.3, -0.25) is 4.79 Å². The van der Waals surface area contributed by atoms with Crippen molar-refractivity contribution in [3.63, 3.8) is 0 Å². The number of pyridine rings is 1. The van der Waals surface area contributed by atoms with Crippen LogP contribution in [-0.4, -0.2) is 10.9 Å². The maximum Gasteiger partial charge on any atom is 0.228 e. The first kappa shape index (κ1) is 12.0. The zero-order valence-electron chi connectivity index (χ0n) is 8.96. The van der Waals surface area contributed by atoms with Crippen LogP contribution in [0.3, 0.4) is 0 Å². The fourth-order valence-corrected chi connectivity index (χ4v) is 1.46. The highest BCUT2D eigenvalue weighted by Crippen LogP contribution is 2.12. The Labute approximate surface area is 94.9 Å². The fourth-order valence-electron chi connectivity index (χ4n) is 1.29. The molecular weight excluding hydrogens is 212 g/mol. The normalized spacial score (nSPS) is 12.2. The van der Waals surface area contributed by atoms with E-state index in [0.717, 1.165) is 12.8 Å². The van der Waals surface area contributed by atoms with Crippen molar-refractivity contribution in [2.24, 2.45) is 5.92 Å². The van der Waals surface area contributed by atoms with Gasteiger partial charge in [-0.05, 0) is 18.6 Å². The Morgan fingerprint density at radius 3 is 2.93 bits per heavy atom. The zero-order valence-corrected chi connectivity index (χ0v) is 9.71. The third kappa shape index (κ3) is 3.88. The van der Waals surface area contributed by atoms with Crippen LogP contribution >= 0.6 is 11.6 Å². The first-order valence-corrected chi connectivity index (χ1v) is 5.44. The summed E-state index contributed by atoms with van der Waals surface area (Å²) in [7, 11) is 0. The zero-order chi connectivity index (χ0) is 11.3. The Hall–Kier alpha value is -1.09. The van der Waals surface area contributed by atoms with Gasteiger partial charge in [-0.25, -0.2) is 4.98 Å². The number of nitrogens with one attached hydrogen (secondary N) is 1. The van der Waals surface area contributed by atoms with Crippen LogP contribution in [0.2, 0.25) is 5.15 Å². The molecule has 0 aliphatic rings. The number of anilines is 1. The maximum atomic E-state index is 11.6. The summed E-state index contributed by atoms with van der Waals surface area (Å²) >= 11 is 5.71. The molecule has 1 amide bonds. The molecule has 0 saturated heterocycles. The van der Waals surface area contributed by atoms with Crippen LogP contribution in [-0.2, 0) is 4.79 Å². The molecule has 0 aliphatic carbocycles. The quantitative estimate of drug-likeness (QED) is 0.802. The highest BCUT2D eigenvalue weighted by Gasteiger charge is 2.12. The minimum Gasteiger partial charge on any atom is -0.310 e. The molecule has 1 rings (SSSR count). The Morgan fingerprint density at radius 1 is 1.60 bits per heavy atom. The highest BCUT2D eigenvalue weighted by atomic mass is 35.5. The molecule has 1 atom stereocenters. The van der Waals surface area contributed by atoms with Gasteiger partial charge in [0.05, 0.1) is 0 Å². The number of hydrogen-bond acceptors (Lipinski definition) is 2. The molecule has 1 heterocycles. The van der Waals surface area contributed by atoms with Gasteiger partial charge in [0.1, 0.15) is 11.0 Å². The number of carbonyl (C=O) groups is 1. The molecule has 1 aromatic rings. The number of carbonyl (C=O) groups excluding carboxylic acids is 1. The lowest BCUT2D eigenvalue weighted by molar-refractivity contribution is -0.119. The van der Waals surface area contributed by atoms with Gasteiger partial charge in [0.15, 0.2) is 0 Å². The molecule has 0 aromatic carbocycles. The Morgan fingerprint density at radius 2 is 2.33 bits per heavy atom. The third-order valence-electron chi connectivity index (χ3n) is 2.14. The van der Waals surface area contributed by atoms with E-state index < -0.39 is 0 Å². The van der Waals surface area contributed by atoms with Crippen LogP contribution in [0, 0.1) is 5.92 Å². The number of nitrogens with zero attached hydrogens (tertiary/aromatic N) is 1. The summed E-state index contributed by atoms with van der Waals surface area (Å²) < 4.78 is 0. The SMILES string of the molecule is CCCC(C)C(=O)Nc1cccc(Cl)n1. The van der Waals surface area contributed by atoms with Gasteiger partial charge >= 0.3 is 0 Å². The lowest BCUT2D eigenvalue weighted by Crippen LogP contribution is -2.20. The van der Waals surface area contributed by atoms with E-state index in [9.17, 15) is 4.79 Å². The van der Waals surface area contributed by atoms with Gasteiger partial charge in [-0.2, -0.15) is 0 Å². The first-order valence-electron chi connectivity index (χ1n) is 5.07. The summed E-state index contributed by atoms with van der Waals surface area (Å²) in [6, 6.07) is 5.16. The van der Waals surface area contributed by atoms with Crippen molar-refractivity contribution in [3.05, 3.63) is 23.4 Å². The van der Waals surface area contributed by atoms with Crippen LogP contribution in [0.15, 0.2) is 18.2 Å². The molecule has 1 N–H and O–H groups in total. The summed E-state index contributed by atoms with van der Waals surface area (Å²) in [6.07, 6.45) is 1.88. The third-order valence-corrected chi connectivity index (χ3v) is 2.35. The van der Waals surface area contributed by atoms with E-state index in [2.05, 4.69) is 17.2 Å². The number of hydrogen-bond donors (Lipinski definition) is 1. The van der Waals surface area contributed by atoms with Gasteiger partial charge in [0, 0.05) is 5.92 Å². The number of aromatic nitrogens is 1. The predicted molar refractivity (Wildman–Crippen MR) is 61.9 cm³/mol. The van der Waals surface area contributed by atoms with Crippen LogP contribution in [0.5, 0.6) is 0 Å². The summed E-state index contributed by atoms with van der Waals surface area (Å²) in [5, 5.41) is 3.12. The second-order valence-corrected chi connectivity index (χ2v) is 3.91. The Kier molecular flexibility index (Phi) is 4.56. The van der Waals surface area contributed by atoms with Crippen LogP contribution in [0.25, 0.3) is 0 Å². The van der Waals surface area contributed by atoms with Gasteiger partial charge in [-0.15, -0.1) is 0 Å². The van der Waals surface area contributed by atoms with E-state index in [1.807, 2.05) is 6.92 Å². The summed E-state index contributed by atoms with van der Waals surface area (Å²) in [4.78, 5) is 15.6. The van der Waals surface area contributed by atoms with E-state index in [1.54, 1.807) is 18.2 Å². The second-order valence-electron chi connectivity index (χ2n) is 3.52. The second kappa shape index (κ2) is 5.71. The van der Waals surface area contributed by atoms with E-state index in [1.165, 1.54) is 0 Å². The molecular formula is C11H15ClN2O. The van der Waals surface area contributed by atoms with Crippen molar-refractivity contribution in [2.75, 3.05) is 5.32 Å². The Bertz CT molecular complexity index is 341. The molecule has 0 spiro atoms. The van der Waals surface area contributed by atoms with E-state index in [4.69, 9.17) is 11.6 Å². The molecule has 0 saturated carbocycles. The highest BCUT2D eigenvalue weighted by molar-refractivity contribution is 6.29. The largest absolute Gasteiger partial charge is 0.310 e.